The molecule has 1 amide bonds. The van der Waals surface area contributed by atoms with E-state index in [2.05, 4.69) is 39.4 Å². The summed E-state index contributed by atoms with van der Waals surface area (Å²) >= 11 is 3.47. The average Bonchev–Trinajstić information content (AvgIpc) is 3.62. The lowest BCUT2D eigenvalue weighted by molar-refractivity contribution is -0.128. The lowest BCUT2D eigenvalue weighted by Gasteiger charge is -2.23. The molecular weight excluding hydrogens is 523 g/mol. The van der Waals surface area contributed by atoms with Crippen molar-refractivity contribution in [1.82, 2.24) is 14.7 Å². The van der Waals surface area contributed by atoms with E-state index in [0.717, 1.165) is 40.7 Å². The Kier molecular flexibility index (Phi) is 6.07. The zero-order valence-electron chi connectivity index (χ0n) is 19.5. The molecule has 1 saturated heterocycles. The molecule has 182 valence electrons. The van der Waals surface area contributed by atoms with Crippen molar-refractivity contribution in [2.45, 2.75) is 19.1 Å². The highest BCUT2D eigenvalue weighted by atomic mass is 79.9. The minimum atomic E-state index is -0.571. The van der Waals surface area contributed by atoms with Gasteiger partial charge >= 0.3 is 0 Å². The van der Waals surface area contributed by atoms with Crippen LogP contribution >= 0.6 is 15.9 Å². The van der Waals surface area contributed by atoms with Gasteiger partial charge in [-0.25, -0.2) is 9.07 Å². The molecule has 0 aliphatic carbocycles. The average molecular weight is 547 g/mol. The van der Waals surface area contributed by atoms with Crippen molar-refractivity contribution in [3.8, 4) is 16.9 Å². The number of anilines is 1. The molecule has 1 fully saturated rings. The lowest BCUT2D eigenvalue weighted by atomic mass is 10.0. The number of nitrogens with one attached hydrogen (secondary N) is 1. The van der Waals surface area contributed by atoms with Crippen LogP contribution in [0.25, 0.3) is 16.9 Å². The van der Waals surface area contributed by atoms with E-state index in [9.17, 15) is 9.18 Å². The molecule has 3 aromatic carbocycles. The Hall–Kier alpha value is -3.49. The number of fused-ring (bicyclic) bond motifs is 1. The molecule has 0 radical (unpaired) electrons. The summed E-state index contributed by atoms with van der Waals surface area (Å²) in [5.41, 5.74) is 6.77. The summed E-state index contributed by atoms with van der Waals surface area (Å²) in [7, 11) is 0. The zero-order valence-corrected chi connectivity index (χ0v) is 21.0. The molecule has 1 N–H and O–H groups in total. The standard InChI is InChI=1S/C28H24BrFN4O2/c29-21-4-8-23(9-5-21)34-16-24(27(32-34)19-2-6-22(30)7-3-19)28-33(26(35)17-36-28)14-12-18-1-10-25-20(15-18)11-13-31-25/h1-10,15-16,28,31H,11-14,17H2. The van der Waals surface area contributed by atoms with Gasteiger partial charge in [-0.05, 0) is 78.6 Å². The molecule has 0 bridgehead atoms. The van der Waals surface area contributed by atoms with E-state index in [-0.39, 0.29) is 18.3 Å². The van der Waals surface area contributed by atoms with E-state index in [1.807, 2.05) is 30.5 Å². The van der Waals surface area contributed by atoms with E-state index in [1.54, 1.807) is 21.7 Å². The van der Waals surface area contributed by atoms with Gasteiger partial charge in [0.2, 0.25) is 0 Å². The highest BCUT2D eigenvalue weighted by Gasteiger charge is 2.36. The monoisotopic (exact) mass is 546 g/mol. The number of hydrogen-bond donors (Lipinski definition) is 1. The molecule has 1 atom stereocenters. The van der Waals surface area contributed by atoms with Gasteiger partial charge in [0.05, 0.1) is 5.69 Å². The molecule has 0 saturated carbocycles. The van der Waals surface area contributed by atoms with Gasteiger partial charge < -0.3 is 15.0 Å². The number of benzene rings is 3. The number of aromatic nitrogens is 2. The maximum absolute atomic E-state index is 13.7. The highest BCUT2D eigenvalue weighted by molar-refractivity contribution is 9.10. The third-order valence-electron chi connectivity index (χ3n) is 6.71. The van der Waals surface area contributed by atoms with Crippen molar-refractivity contribution in [1.29, 1.82) is 0 Å². The first-order valence-electron chi connectivity index (χ1n) is 11.9. The normalized spacial score (nSPS) is 16.9. The van der Waals surface area contributed by atoms with Crippen LogP contribution in [0.1, 0.15) is 22.9 Å². The van der Waals surface area contributed by atoms with Crippen LogP contribution in [0.4, 0.5) is 10.1 Å². The van der Waals surface area contributed by atoms with Gasteiger partial charge in [0.25, 0.3) is 5.91 Å². The smallest absolute Gasteiger partial charge is 0.250 e. The molecule has 6 nitrogen and oxygen atoms in total. The van der Waals surface area contributed by atoms with Crippen molar-refractivity contribution >= 4 is 27.5 Å². The Morgan fingerprint density at radius 2 is 1.89 bits per heavy atom. The largest absolute Gasteiger partial charge is 0.384 e. The maximum atomic E-state index is 13.7. The van der Waals surface area contributed by atoms with Crippen molar-refractivity contribution in [3.05, 3.63) is 99.9 Å². The second-order valence-electron chi connectivity index (χ2n) is 9.03. The van der Waals surface area contributed by atoms with E-state index < -0.39 is 6.23 Å². The summed E-state index contributed by atoms with van der Waals surface area (Å²) < 4.78 is 22.4. The Morgan fingerprint density at radius 1 is 1.08 bits per heavy atom. The van der Waals surface area contributed by atoms with Crippen LogP contribution in [-0.4, -0.2) is 40.3 Å². The first-order valence-corrected chi connectivity index (χ1v) is 12.7. The first-order chi connectivity index (χ1) is 17.5. The summed E-state index contributed by atoms with van der Waals surface area (Å²) in [6.07, 6.45) is 3.08. The number of halogens is 2. The number of rotatable bonds is 6. The Balaban J connectivity index is 1.33. The van der Waals surface area contributed by atoms with Crippen molar-refractivity contribution in [3.63, 3.8) is 0 Å². The first kappa shape index (κ1) is 22.9. The van der Waals surface area contributed by atoms with Crippen molar-refractivity contribution in [2.75, 3.05) is 25.0 Å². The van der Waals surface area contributed by atoms with E-state index in [4.69, 9.17) is 9.84 Å². The van der Waals surface area contributed by atoms with Gasteiger partial charge in [-0.1, -0.05) is 28.1 Å². The molecule has 4 aromatic rings. The number of hydrogen-bond acceptors (Lipinski definition) is 4. The molecule has 2 aliphatic rings. The third kappa shape index (κ3) is 4.42. The van der Waals surface area contributed by atoms with Gasteiger partial charge in [-0.2, -0.15) is 5.10 Å². The van der Waals surface area contributed by atoms with E-state index in [1.165, 1.54) is 28.9 Å². The third-order valence-corrected chi connectivity index (χ3v) is 7.24. The highest BCUT2D eigenvalue weighted by Crippen LogP contribution is 2.36. The molecule has 8 heteroatoms. The SMILES string of the molecule is O=C1COC(c2cn(-c3ccc(Br)cc3)nc2-c2ccc(F)cc2)N1CCc1ccc2c(c1)CCN2. The molecule has 1 unspecified atom stereocenters. The summed E-state index contributed by atoms with van der Waals surface area (Å²) in [5, 5.41) is 8.21. The Labute approximate surface area is 216 Å². The van der Waals surface area contributed by atoms with Crippen LogP contribution in [0.3, 0.4) is 0 Å². The number of amides is 1. The molecular formula is C28H24BrFN4O2. The topological polar surface area (TPSA) is 59.4 Å². The summed E-state index contributed by atoms with van der Waals surface area (Å²) in [5.74, 6) is -0.365. The number of ether oxygens (including phenoxy) is 1. The van der Waals surface area contributed by atoms with E-state index in [0.29, 0.717) is 12.2 Å². The molecule has 3 heterocycles. The van der Waals surface area contributed by atoms with Crippen LogP contribution < -0.4 is 5.32 Å². The van der Waals surface area contributed by atoms with Gasteiger partial charge in [0, 0.05) is 40.6 Å². The molecule has 36 heavy (non-hydrogen) atoms. The molecule has 6 rings (SSSR count). The minimum absolute atomic E-state index is 0.0189. The van der Waals surface area contributed by atoms with Gasteiger partial charge in [-0.3, -0.25) is 4.79 Å². The van der Waals surface area contributed by atoms with Crippen LogP contribution in [0.5, 0.6) is 0 Å². The molecule has 2 aliphatic heterocycles. The Bertz CT molecular complexity index is 1420. The fourth-order valence-corrected chi connectivity index (χ4v) is 5.11. The summed E-state index contributed by atoms with van der Waals surface area (Å²) in [6.45, 7) is 1.51. The second-order valence-corrected chi connectivity index (χ2v) is 9.95. The van der Waals surface area contributed by atoms with Crippen molar-refractivity contribution in [2.24, 2.45) is 0 Å². The summed E-state index contributed by atoms with van der Waals surface area (Å²) in [4.78, 5) is 14.7. The molecule has 0 spiro atoms. The summed E-state index contributed by atoms with van der Waals surface area (Å²) in [6, 6.07) is 20.5. The fraction of sp³-hybridized carbons (Fsp3) is 0.214. The van der Waals surface area contributed by atoms with Crippen LogP contribution in [-0.2, 0) is 22.4 Å². The number of nitrogens with zero attached hydrogens (tertiary/aromatic N) is 3. The predicted molar refractivity (Wildman–Crippen MR) is 139 cm³/mol. The van der Waals surface area contributed by atoms with Crippen LogP contribution in [0.15, 0.2) is 77.4 Å². The maximum Gasteiger partial charge on any atom is 0.250 e. The predicted octanol–water partition coefficient (Wildman–Crippen LogP) is 5.51. The van der Waals surface area contributed by atoms with Gasteiger partial charge in [0.15, 0.2) is 6.23 Å². The lowest BCUT2D eigenvalue weighted by Crippen LogP contribution is -2.30. The fourth-order valence-electron chi connectivity index (χ4n) is 4.84. The minimum Gasteiger partial charge on any atom is -0.384 e. The van der Waals surface area contributed by atoms with Gasteiger partial charge in [0.1, 0.15) is 18.1 Å². The quantitative estimate of drug-likeness (QED) is 0.346. The van der Waals surface area contributed by atoms with Gasteiger partial charge in [-0.15, -0.1) is 0 Å². The molecule has 1 aromatic heterocycles. The van der Waals surface area contributed by atoms with Crippen LogP contribution in [0, 0.1) is 5.82 Å². The Morgan fingerprint density at radius 3 is 2.69 bits per heavy atom. The second kappa shape index (κ2) is 9.52. The van der Waals surface area contributed by atoms with E-state index >= 15 is 0 Å². The number of carbonyl (C=O) groups is 1. The zero-order chi connectivity index (χ0) is 24.6. The van der Waals surface area contributed by atoms with Crippen LogP contribution in [0.2, 0.25) is 0 Å². The van der Waals surface area contributed by atoms with Crippen molar-refractivity contribution < 1.29 is 13.9 Å². The number of carbonyl (C=O) groups excluding carboxylic acids is 1.